The monoisotopic (exact) mass is 211 g/mol. The van der Waals surface area contributed by atoms with E-state index in [-0.39, 0.29) is 5.91 Å². The van der Waals surface area contributed by atoms with Crippen LogP contribution in [0.2, 0.25) is 0 Å². The van der Waals surface area contributed by atoms with Gasteiger partial charge in [-0.25, -0.2) is 0 Å². The molecule has 1 saturated carbocycles. The highest BCUT2D eigenvalue weighted by Crippen LogP contribution is 2.27. The fraction of sp³-hybridized carbons (Fsp3) is 0.909. The summed E-state index contributed by atoms with van der Waals surface area (Å²) in [5.74, 6) is 1.55. The van der Waals surface area contributed by atoms with Crippen molar-refractivity contribution in [2.45, 2.75) is 19.3 Å². The molecule has 0 bridgehead atoms. The lowest BCUT2D eigenvalue weighted by molar-refractivity contribution is -0.122. The second-order valence-electron chi connectivity index (χ2n) is 4.87. The van der Waals surface area contributed by atoms with Crippen LogP contribution in [0.5, 0.6) is 0 Å². The quantitative estimate of drug-likeness (QED) is 0.662. The van der Waals surface area contributed by atoms with Gasteiger partial charge in [-0.3, -0.25) is 9.69 Å². The zero-order valence-corrected chi connectivity index (χ0v) is 9.24. The van der Waals surface area contributed by atoms with E-state index in [0.717, 1.165) is 38.5 Å². The van der Waals surface area contributed by atoms with Crippen molar-refractivity contribution in [1.82, 2.24) is 10.2 Å². The molecule has 15 heavy (non-hydrogen) atoms. The molecule has 0 spiro atoms. The molecule has 2 fully saturated rings. The van der Waals surface area contributed by atoms with Crippen LogP contribution in [0.1, 0.15) is 19.3 Å². The Morgan fingerprint density at radius 3 is 2.73 bits per heavy atom. The zero-order valence-electron chi connectivity index (χ0n) is 9.24. The summed E-state index contributed by atoms with van der Waals surface area (Å²) in [7, 11) is 0. The topological polar surface area (TPSA) is 58.4 Å². The normalized spacial score (nSPS) is 26.9. The van der Waals surface area contributed by atoms with Crippen LogP contribution in [0.3, 0.4) is 0 Å². The van der Waals surface area contributed by atoms with Gasteiger partial charge in [0.15, 0.2) is 0 Å². The molecule has 4 nitrogen and oxygen atoms in total. The lowest BCUT2D eigenvalue weighted by Crippen LogP contribution is -2.37. The number of nitrogens with one attached hydrogen (secondary N) is 1. The SMILES string of the molecule is NCC1CCN(CC(=O)NCC2CC2)C1. The molecule has 1 heterocycles. The van der Waals surface area contributed by atoms with Crippen LogP contribution < -0.4 is 11.1 Å². The molecule has 1 aliphatic carbocycles. The number of hydrogen-bond acceptors (Lipinski definition) is 3. The zero-order chi connectivity index (χ0) is 10.7. The third kappa shape index (κ3) is 3.47. The molecule has 1 amide bonds. The molecule has 3 N–H and O–H groups in total. The van der Waals surface area contributed by atoms with E-state index < -0.39 is 0 Å². The Morgan fingerprint density at radius 2 is 2.13 bits per heavy atom. The van der Waals surface area contributed by atoms with Crippen LogP contribution in [0.25, 0.3) is 0 Å². The highest BCUT2D eigenvalue weighted by molar-refractivity contribution is 5.78. The van der Waals surface area contributed by atoms with E-state index >= 15 is 0 Å². The van der Waals surface area contributed by atoms with Crippen LogP contribution in [0, 0.1) is 11.8 Å². The van der Waals surface area contributed by atoms with Gasteiger partial charge in [0.05, 0.1) is 6.54 Å². The Bertz CT molecular complexity index is 228. The summed E-state index contributed by atoms with van der Waals surface area (Å²) in [6, 6.07) is 0. The molecule has 2 aliphatic rings. The number of nitrogens with zero attached hydrogens (tertiary/aromatic N) is 1. The summed E-state index contributed by atoms with van der Waals surface area (Å²) in [5.41, 5.74) is 5.61. The first-order valence-corrected chi connectivity index (χ1v) is 5.97. The molecule has 1 atom stereocenters. The highest BCUT2D eigenvalue weighted by Gasteiger charge is 2.24. The minimum atomic E-state index is 0.180. The lowest BCUT2D eigenvalue weighted by atomic mass is 10.1. The van der Waals surface area contributed by atoms with Crippen molar-refractivity contribution in [3.05, 3.63) is 0 Å². The molecule has 2 rings (SSSR count). The van der Waals surface area contributed by atoms with Crippen molar-refractivity contribution in [3.63, 3.8) is 0 Å². The number of carbonyl (C=O) groups excluding carboxylic acids is 1. The summed E-state index contributed by atoms with van der Waals surface area (Å²) >= 11 is 0. The Balaban J connectivity index is 1.61. The maximum absolute atomic E-state index is 11.5. The lowest BCUT2D eigenvalue weighted by Gasteiger charge is -2.15. The summed E-state index contributed by atoms with van der Waals surface area (Å²) in [4.78, 5) is 13.8. The van der Waals surface area contributed by atoms with E-state index in [2.05, 4.69) is 10.2 Å². The van der Waals surface area contributed by atoms with Gasteiger partial charge in [0.1, 0.15) is 0 Å². The molecule has 1 aliphatic heterocycles. The molecule has 0 aromatic carbocycles. The maximum Gasteiger partial charge on any atom is 0.234 e. The van der Waals surface area contributed by atoms with E-state index in [1.54, 1.807) is 0 Å². The average molecular weight is 211 g/mol. The molecule has 86 valence electrons. The number of rotatable bonds is 5. The van der Waals surface area contributed by atoms with Crippen molar-refractivity contribution in [2.24, 2.45) is 17.6 Å². The van der Waals surface area contributed by atoms with Crippen LogP contribution in [0.15, 0.2) is 0 Å². The van der Waals surface area contributed by atoms with Crippen LogP contribution in [-0.4, -0.2) is 43.5 Å². The average Bonchev–Trinajstić information content (AvgIpc) is 2.96. The van der Waals surface area contributed by atoms with Gasteiger partial charge < -0.3 is 11.1 Å². The first-order chi connectivity index (χ1) is 7.28. The molecule has 4 heteroatoms. The van der Waals surface area contributed by atoms with Crippen LogP contribution in [0.4, 0.5) is 0 Å². The van der Waals surface area contributed by atoms with Crippen molar-refractivity contribution < 1.29 is 4.79 Å². The van der Waals surface area contributed by atoms with Gasteiger partial charge in [-0.05, 0) is 44.2 Å². The van der Waals surface area contributed by atoms with Gasteiger partial charge in [0.25, 0.3) is 0 Å². The maximum atomic E-state index is 11.5. The second-order valence-corrected chi connectivity index (χ2v) is 4.87. The number of likely N-dealkylation sites (tertiary alicyclic amines) is 1. The predicted molar refractivity (Wildman–Crippen MR) is 59.3 cm³/mol. The highest BCUT2D eigenvalue weighted by atomic mass is 16.2. The largest absolute Gasteiger partial charge is 0.355 e. The van der Waals surface area contributed by atoms with E-state index in [9.17, 15) is 4.79 Å². The predicted octanol–water partition coefficient (Wildman–Crippen LogP) is -0.207. The Kier molecular flexibility index (Phi) is 3.59. The van der Waals surface area contributed by atoms with Gasteiger partial charge >= 0.3 is 0 Å². The van der Waals surface area contributed by atoms with Crippen LogP contribution >= 0.6 is 0 Å². The Labute approximate surface area is 91.2 Å². The second kappa shape index (κ2) is 4.94. The van der Waals surface area contributed by atoms with E-state index in [1.165, 1.54) is 12.8 Å². The smallest absolute Gasteiger partial charge is 0.234 e. The number of nitrogens with two attached hydrogens (primary N) is 1. The molecule has 0 aromatic rings. The van der Waals surface area contributed by atoms with E-state index in [4.69, 9.17) is 5.73 Å². The van der Waals surface area contributed by atoms with Crippen molar-refractivity contribution in [1.29, 1.82) is 0 Å². The summed E-state index contributed by atoms with van der Waals surface area (Å²) in [5, 5.41) is 2.99. The van der Waals surface area contributed by atoms with E-state index in [1.807, 2.05) is 0 Å². The standard InChI is InChI=1S/C11H21N3O/c12-5-10-3-4-14(7-10)8-11(15)13-6-9-1-2-9/h9-10H,1-8,12H2,(H,13,15). The summed E-state index contributed by atoms with van der Waals surface area (Å²) in [6.45, 7) is 4.21. The van der Waals surface area contributed by atoms with Crippen molar-refractivity contribution in [2.75, 3.05) is 32.7 Å². The molecule has 0 radical (unpaired) electrons. The number of amides is 1. The minimum Gasteiger partial charge on any atom is -0.355 e. The van der Waals surface area contributed by atoms with E-state index in [0.29, 0.717) is 12.5 Å². The van der Waals surface area contributed by atoms with Crippen molar-refractivity contribution in [3.8, 4) is 0 Å². The first kappa shape index (κ1) is 10.9. The van der Waals surface area contributed by atoms with Crippen LogP contribution in [-0.2, 0) is 4.79 Å². The Morgan fingerprint density at radius 1 is 1.33 bits per heavy atom. The molecule has 1 saturated heterocycles. The van der Waals surface area contributed by atoms with Gasteiger partial charge in [0.2, 0.25) is 5.91 Å². The summed E-state index contributed by atoms with van der Waals surface area (Å²) in [6.07, 6.45) is 3.73. The molecular formula is C11H21N3O. The van der Waals surface area contributed by atoms with Gasteiger partial charge in [0, 0.05) is 13.1 Å². The number of hydrogen-bond donors (Lipinski definition) is 2. The fourth-order valence-corrected chi connectivity index (χ4v) is 2.09. The Hall–Kier alpha value is -0.610. The third-order valence-corrected chi connectivity index (χ3v) is 3.36. The van der Waals surface area contributed by atoms with Crippen molar-refractivity contribution >= 4 is 5.91 Å². The molecular weight excluding hydrogens is 190 g/mol. The number of carbonyl (C=O) groups is 1. The van der Waals surface area contributed by atoms with Gasteiger partial charge in [-0.2, -0.15) is 0 Å². The minimum absolute atomic E-state index is 0.180. The molecule has 0 aromatic heterocycles. The van der Waals surface area contributed by atoms with Gasteiger partial charge in [-0.1, -0.05) is 0 Å². The summed E-state index contributed by atoms with van der Waals surface area (Å²) < 4.78 is 0. The fourth-order valence-electron chi connectivity index (χ4n) is 2.09. The third-order valence-electron chi connectivity index (χ3n) is 3.36. The first-order valence-electron chi connectivity index (χ1n) is 5.97. The van der Waals surface area contributed by atoms with Gasteiger partial charge in [-0.15, -0.1) is 0 Å². The molecule has 1 unspecified atom stereocenters.